The number of nitrogens with zero attached hydrogens (tertiary/aromatic N) is 2. The average Bonchev–Trinajstić information content (AvgIpc) is 1.88. The minimum absolute atomic E-state index is 0.708. The van der Waals surface area contributed by atoms with E-state index in [1.165, 1.54) is 0 Å². The lowest BCUT2D eigenvalue weighted by atomic mass is 9.82. The van der Waals surface area contributed by atoms with E-state index in [9.17, 15) is 12.9 Å². The normalized spacial score (nSPS) is 11.5. The van der Waals surface area contributed by atoms with Crippen LogP contribution in [0.5, 0.6) is 0 Å². The van der Waals surface area contributed by atoms with Crippen molar-refractivity contribution in [1.29, 1.82) is 0 Å². The summed E-state index contributed by atoms with van der Waals surface area (Å²) >= 11 is 0. The van der Waals surface area contributed by atoms with Crippen molar-refractivity contribution in [2.45, 2.75) is 0 Å². The molecule has 1 rings (SSSR count). The van der Waals surface area contributed by atoms with Crippen molar-refractivity contribution >= 4 is 12.4 Å². The van der Waals surface area contributed by atoms with E-state index < -0.39 is 12.4 Å². The summed E-state index contributed by atoms with van der Waals surface area (Å²) in [5.74, 6) is 0. The van der Waals surface area contributed by atoms with Crippen molar-refractivity contribution in [2.75, 3.05) is 0 Å². The zero-order valence-corrected chi connectivity index (χ0v) is 4.84. The van der Waals surface area contributed by atoms with Crippen LogP contribution in [0.25, 0.3) is 0 Å². The molecule has 0 saturated carbocycles. The summed E-state index contributed by atoms with van der Waals surface area (Å²) in [6.45, 7) is -4.91. The Kier molecular flexibility index (Phi) is 1.61. The van der Waals surface area contributed by atoms with Gasteiger partial charge in [0.15, 0.2) is 0 Å². The highest BCUT2D eigenvalue weighted by molar-refractivity contribution is 6.73. The van der Waals surface area contributed by atoms with Gasteiger partial charge >= 0.3 is 6.98 Å². The van der Waals surface area contributed by atoms with E-state index in [0.717, 1.165) is 12.3 Å². The second-order valence-corrected chi connectivity index (χ2v) is 1.75. The number of hydrogen-bond acceptors (Lipinski definition) is 2. The fourth-order valence-corrected chi connectivity index (χ4v) is 0.495. The Labute approximate surface area is 55.1 Å². The molecule has 10 heavy (non-hydrogen) atoms. The molecule has 0 aromatic carbocycles. The van der Waals surface area contributed by atoms with Crippen LogP contribution in [-0.2, 0) is 0 Å². The fourth-order valence-electron chi connectivity index (χ4n) is 0.495. The largest absolute Gasteiger partial charge is 0.511 e. The van der Waals surface area contributed by atoms with Gasteiger partial charge < -0.3 is 12.9 Å². The van der Waals surface area contributed by atoms with Gasteiger partial charge in [-0.3, -0.25) is 0 Å². The van der Waals surface area contributed by atoms with E-state index >= 15 is 0 Å². The van der Waals surface area contributed by atoms with E-state index in [2.05, 4.69) is 10.2 Å². The molecule has 0 spiro atoms. The van der Waals surface area contributed by atoms with Gasteiger partial charge in [0.2, 0.25) is 0 Å². The third kappa shape index (κ3) is 1.46. The Morgan fingerprint density at radius 1 is 1.20 bits per heavy atom. The second-order valence-electron chi connectivity index (χ2n) is 1.75. The topological polar surface area (TPSA) is 25.8 Å². The maximum atomic E-state index is 11.8. The summed E-state index contributed by atoms with van der Waals surface area (Å²) in [4.78, 5) is 0. The van der Waals surface area contributed by atoms with E-state index in [1.54, 1.807) is 0 Å². The molecule has 1 aromatic heterocycles. The van der Waals surface area contributed by atoms with Gasteiger partial charge in [-0.05, 0) is 0 Å². The minimum atomic E-state index is -4.91. The van der Waals surface area contributed by atoms with Crippen LogP contribution in [0.1, 0.15) is 0 Å². The summed E-state index contributed by atoms with van der Waals surface area (Å²) < 4.78 is 35.3. The van der Waals surface area contributed by atoms with Gasteiger partial charge in [0.05, 0.1) is 0 Å². The zero-order chi connectivity index (χ0) is 7.61. The van der Waals surface area contributed by atoms with E-state index in [4.69, 9.17) is 0 Å². The molecule has 0 saturated heterocycles. The van der Waals surface area contributed by atoms with Crippen LogP contribution >= 0.6 is 0 Å². The molecule has 1 aromatic rings. The van der Waals surface area contributed by atoms with Crippen molar-refractivity contribution in [3.63, 3.8) is 0 Å². The Hall–Kier alpha value is -1.07. The molecule has 0 aliphatic carbocycles. The molecule has 0 atom stereocenters. The lowest BCUT2D eigenvalue weighted by Gasteiger charge is -2.11. The first-order valence-corrected chi connectivity index (χ1v) is 2.57. The first kappa shape index (κ1) is 7.05. The van der Waals surface area contributed by atoms with E-state index in [0.29, 0.717) is 6.20 Å². The van der Waals surface area contributed by atoms with Crippen LogP contribution in [0.3, 0.4) is 0 Å². The number of hydrogen-bond donors (Lipinski definition) is 0. The summed E-state index contributed by atoms with van der Waals surface area (Å²) in [7, 11) is 0. The number of halogens is 3. The van der Waals surface area contributed by atoms with Gasteiger partial charge in [0, 0.05) is 12.4 Å². The third-order valence-corrected chi connectivity index (χ3v) is 0.985. The highest BCUT2D eigenvalue weighted by Crippen LogP contribution is 2.06. The van der Waals surface area contributed by atoms with Gasteiger partial charge in [0.25, 0.3) is 0 Å². The fraction of sp³-hybridized carbons (Fsp3) is 0. The lowest BCUT2D eigenvalue weighted by molar-refractivity contribution is 0.500. The van der Waals surface area contributed by atoms with Gasteiger partial charge in [-0.25, -0.2) is 0 Å². The monoisotopic (exact) mass is 147 g/mol. The van der Waals surface area contributed by atoms with E-state index in [-0.39, 0.29) is 0 Å². The first-order chi connectivity index (χ1) is 4.61. The zero-order valence-electron chi connectivity index (χ0n) is 4.84. The number of aromatic nitrogens is 2. The van der Waals surface area contributed by atoms with Crippen LogP contribution in [-0.4, -0.2) is 17.2 Å². The predicted octanol–water partition coefficient (Wildman–Crippen LogP) is 0.531. The van der Waals surface area contributed by atoms with E-state index in [1.807, 2.05) is 0 Å². The molecule has 0 fully saturated rings. The van der Waals surface area contributed by atoms with Gasteiger partial charge in [-0.15, -0.1) is 0 Å². The molecule has 0 aliphatic rings. The predicted molar refractivity (Wildman–Crippen MR) is 30.7 cm³/mol. The van der Waals surface area contributed by atoms with Gasteiger partial charge in [0.1, 0.15) is 0 Å². The molecule has 0 bridgehead atoms. The Bertz CT molecular complexity index is 209. The van der Waals surface area contributed by atoms with Gasteiger partial charge in [-0.2, -0.15) is 10.2 Å². The summed E-state index contributed by atoms with van der Waals surface area (Å²) in [5, 5.41) is 6.32. The van der Waals surface area contributed by atoms with Crippen LogP contribution in [0.2, 0.25) is 0 Å². The molecular formula is C4H3BF3N2-. The van der Waals surface area contributed by atoms with Crippen LogP contribution in [0.15, 0.2) is 18.5 Å². The van der Waals surface area contributed by atoms with Crippen molar-refractivity contribution in [3.8, 4) is 0 Å². The highest BCUT2D eigenvalue weighted by Gasteiger charge is 2.25. The Morgan fingerprint density at radius 2 is 1.90 bits per heavy atom. The minimum Gasteiger partial charge on any atom is -0.445 e. The summed E-state index contributed by atoms with van der Waals surface area (Å²) in [6, 6.07) is 0.896. The third-order valence-electron chi connectivity index (χ3n) is 0.985. The molecule has 1 heterocycles. The first-order valence-electron chi connectivity index (χ1n) is 2.57. The molecule has 0 unspecified atom stereocenters. The highest BCUT2D eigenvalue weighted by atomic mass is 19.4. The quantitative estimate of drug-likeness (QED) is 0.541. The molecular weight excluding hydrogens is 144 g/mol. The molecule has 2 nitrogen and oxygen atoms in total. The molecule has 0 amide bonds. The smallest absolute Gasteiger partial charge is 0.445 e. The average molecular weight is 147 g/mol. The second kappa shape index (κ2) is 2.28. The standard InChI is InChI=1S/C4H3BF3N2/c6-5(7,8)4-1-2-9-10-3-4/h1-3H/q-1. The SMILES string of the molecule is F[B-](F)(F)c1ccnnc1. The molecule has 0 N–H and O–H groups in total. The van der Waals surface area contributed by atoms with Crippen LogP contribution in [0, 0.1) is 0 Å². The summed E-state index contributed by atoms with van der Waals surface area (Å²) in [6.07, 6.45) is 1.73. The Morgan fingerprint density at radius 3 is 2.20 bits per heavy atom. The van der Waals surface area contributed by atoms with Crippen molar-refractivity contribution < 1.29 is 12.9 Å². The Balaban J connectivity index is 2.97. The maximum Gasteiger partial charge on any atom is 0.511 e. The maximum absolute atomic E-state index is 11.8. The molecule has 0 radical (unpaired) electrons. The van der Waals surface area contributed by atoms with Crippen LogP contribution in [0.4, 0.5) is 12.9 Å². The molecule has 0 aliphatic heterocycles. The summed E-state index contributed by atoms with van der Waals surface area (Å²) in [5.41, 5.74) is -0.713. The lowest BCUT2D eigenvalue weighted by Crippen LogP contribution is -2.34. The number of rotatable bonds is 1. The van der Waals surface area contributed by atoms with Crippen LogP contribution < -0.4 is 5.46 Å². The van der Waals surface area contributed by atoms with Crippen molar-refractivity contribution in [1.82, 2.24) is 10.2 Å². The molecule has 6 heteroatoms. The molecule has 54 valence electrons. The van der Waals surface area contributed by atoms with Gasteiger partial charge in [-0.1, -0.05) is 11.5 Å². The van der Waals surface area contributed by atoms with Crippen molar-refractivity contribution in [2.24, 2.45) is 0 Å². The van der Waals surface area contributed by atoms with Crippen molar-refractivity contribution in [3.05, 3.63) is 18.5 Å².